The predicted molar refractivity (Wildman–Crippen MR) is 208 cm³/mol. The van der Waals surface area contributed by atoms with Crippen LogP contribution in [-0.4, -0.2) is 79.2 Å². The van der Waals surface area contributed by atoms with Crippen LogP contribution in [0.2, 0.25) is 5.02 Å². The fourth-order valence-electron chi connectivity index (χ4n) is 8.02. The summed E-state index contributed by atoms with van der Waals surface area (Å²) in [6, 6.07) is 9.70. The van der Waals surface area contributed by atoms with Gasteiger partial charge < -0.3 is 25.3 Å². The van der Waals surface area contributed by atoms with Crippen LogP contribution < -0.4 is 25.6 Å². The van der Waals surface area contributed by atoms with Crippen LogP contribution in [0.15, 0.2) is 55.1 Å². The predicted octanol–water partition coefficient (Wildman–Crippen LogP) is 5.57. The minimum absolute atomic E-state index is 0.0954. The van der Waals surface area contributed by atoms with Crippen molar-refractivity contribution in [2.24, 2.45) is 13.0 Å². The quantitative estimate of drug-likeness (QED) is 0.132. The Labute approximate surface area is 323 Å². The van der Waals surface area contributed by atoms with Crippen LogP contribution in [0.25, 0.3) is 22.6 Å². The van der Waals surface area contributed by atoms with Crippen LogP contribution in [0.5, 0.6) is 11.5 Å². The van der Waals surface area contributed by atoms with E-state index in [2.05, 4.69) is 52.0 Å². The summed E-state index contributed by atoms with van der Waals surface area (Å²) in [4.78, 5) is 56.2. The number of carbonyl (C=O) groups excluding carboxylic acids is 3. The van der Waals surface area contributed by atoms with Crippen molar-refractivity contribution in [2.75, 3.05) is 24.5 Å². The zero-order chi connectivity index (χ0) is 38.1. The van der Waals surface area contributed by atoms with Crippen molar-refractivity contribution in [1.29, 1.82) is 0 Å². The number of anilines is 1. The minimum Gasteiger partial charge on any atom is -0.453 e. The van der Waals surface area contributed by atoms with Gasteiger partial charge in [0.2, 0.25) is 11.8 Å². The highest BCUT2D eigenvalue weighted by Crippen LogP contribution is 2.36. The highest BCUT2D eigenvalue weighted by Gasteiger charge is 2.30. The summed E-state index contributed by atoms with van der Waals surface area (Å²) in [7, 11) is 1.86. The molecule has 1 saturated carbocycles. The third kappa shape index (κ3) is 8.20. The van der Waals surface area contributed by atoms with Crippen LogP contribution in [0.4, 0.5) is 5.69 Å². The van der Waals surface area contributed by atoms with E-state index < -0.39 is 0 Å². The lowest BCUT2D eigenvalue weighted by atomic mass is 9.89. The second-order valence-electron chi connectivity index (χ2n) is 15.0. The first-order chi connectivity index (χ1) is 26.7. The van der Waals surface area contributed by atoms with Gasteiger partial charge in [-0.05, 0) is 100 Å². The molecule has 6 heterocycles. The molecule has 14 nitrogen and oxygen atoms in total. The van der Waals surface area contributed by atoms with Gasteiger partial charge in [0, 0.05) is 56.6 Å². The molecule has 2 aliphatic heterocycles. The monoisotopic (exact) mass is 764 g/mol. The number of ether oxygens (including phenoxy) is 1. The summed E-state index contributed by atoms with van der Waals surface area (Å²) in [5.74, 6) is 1.31. The van der Waals surface area contributed by atoms with E-state index in [-0.39, 0.29) is 29.7 Å². The summed E-state index contributed by atoms with van der Waals surface area (Å²) in [5, 5.41) is 14.2. The van der Waals surface area contributed by atoms with E-state index in [4.69, 9.17) is 16.3 Å². The fraction of sp³-hybridized carbons (Fsp3) is 0.425. The number of hydrogen-bond donors (Lipinski definition) is 4. The van der Waals surface area contributed by atoms with E-state index in [9.17, 15) is 14.4 Å². The van der Waals surface area contributed by atoms with Crippen molar-refractivity contribution >= 4 is 46.2 Å². The van der Waals surface area contributed by atoms with Crippen LogP contribution in [0, 0.1) is 12.8 Å². The van der Waals surface area contributed by atoms with Gasteiger partial charge in [-0.2, -0.15) is 5.10 Å². The SMILES string of the molecule is Cc1nn(C)cc1-c1nc2ncc(Cl)c(Oc3ccc(C(=O)NC4CCC(NCC5CCN(c6cncc([C@@H]7CCC(=O)NC7=O)c6)CC5)CC4)cc3)c2[nH]1. The molecule has 0 spiro atoms. The minimum atomic E-state index is -0.325. The highest BCUT2D eigenvalue weighted by atomic mass is 35.5. The Bertz CT molecular complexity index is 2200. The smallest absolute Gasteiger partial charge is 0.251 e. The number of rotatable bonds is 10. The second-order valence-corrected chi connectivity index (χ2v) is 15.4. The van der Waals surface area contributed by atoms with Crippen molar-refractivity contribution in [3.8, 4) is 22.9 Å². The molecule has 0 unspecified atom stereocenters. The lowest BCUT2D eigenvalue weighted by molar-refractivity contribution is -0.134. The third-order valence-corrected chi connectivity index (χ3v) is 11.4. The standard InChI is InChI=1S/C40H45ClN10O4/c1-23-32(22-50(2)49-23)37-47-35-36(33(41)21-44-38(35)48-37)55-30-9-3-25(4-10-30)39(53)45-28-7-5-27(6-8-28)43-18-24-13-15-51(16-14-24)29-17-26(19-42-20-29)31-11-12-34(52)46-40(31)54/h3-4,9-10,17,19-22,24,27-28,31,43H,5-8,11-16,18H2,1-2H3,(H,45,53)(H,44,47,48)(H,46,52,54)/t27?,28?,31-/m0/s1. The first-order valence-electron chi connectivity index (χ1n) is 19.1. The Morgan fingerprint density at radius 3 is 2.49 bits per heavy atom. The van der Waals surface area contributed by atoms with E-state index in [0.29, 0.717) is 63.9 Å². The maximum Gasteiger partial charge on any atom is 0.251 e. The van der Waals surface area contributed by atoms with Gasteiger partial charge in [0.15, 0.2) is 11.4 Å². The molecule has 3 aliphatic rings. The van der Waals surface area contributed by atoms with Gasteiger partial charge in [-0.25, -0.2) is 9.97 Å². The van der Waals surface area contributed by atoms with Crippen molar-refractivity contribution < 1.29 is 19.1 Å². The molecule has 1 aromatic carbocycles. The molecule has 55 heavy (non-hydrogen) atoms. The number of H-pyrrole nitrogens is 1. The van der Waals surface area contributed by atoms with Crippen LogP contribution in [0.3, 0.4) is 0 Å². The van der Waals surface area contributed by atoms with Crippen molar-refractivity contribution in [3.05, 3.63) is 77.0 Å². The molecule has 1 aliphatic carbocycles. The molecule has 15 heteroatoms. The van der Waals surface area contributed by atoms with E-state index in [0.717, 1.165) is 80.7 Å². The zero-order valence-corrected chi connectivity index (χ0v) is 31.7. The number of halogens is 1. The molecular formula is C40H45ClN10O4. The largest absolute Gasteiger partial charge is 0.453 e. The second kappa shape index (κ2) is 15.8. The molecule has 5 aromatic rings. The lowest BCUT2D eigenvalue weighted by Crippen LogP contribution is -2.44. The van der Waals surface area contributed by atoms with Gasteiger partial charge >= 0.3 is 0 Å². The lowest BCUT2D eigenvalue weighted by Gasteiger charge is -2.35. The number of fused-ring (bicyclic) bond motifs is 1. The van der Waals surface area contributed by atoms with Crippen LogP contribution in [-0.2, 0) is 16.6 Å². The van der Waals surface area contributed by atoms with Crippen LogP contribution in [0.1, 0.15) is 78.9 Å². The molecule has 3 amide bonds. The Morgan fingerprint density at radius 1 is 1.00 bits per heavy atom. The van der Waals surface area contributed by atoms with Gasteiger partial charge in [0.25, 0.3) is 5.91 Å². The van der Waals surface area contributed by atoms with E-state index in [1.165, 1.54) is 6.20 Å². The number of hydrogen-bond acceptors (Lipinski definition) is 10. The van der Waals surface area contributed by atoms with Gasteiger partial charge in [-0.1, -0.05) is 11.6 Å². The summed E-state index contributed by atoms with van der Waals surface area (Å²) < 4.78 is 7.93. The van der Waals surface area contributed by atoms with Crippen molar-refractivity contribution in [1.82, 2.24) is 45.7 Å². The molecular weight excluding hydrogens is 720 g/mol. The summed E-state index contributed by atoms with van der Waals surface area (Å²) >= 11 is 6.52. The van der Waals surface area contributed by atoms with Crippen LogP contribution >= 0.6 is 11.6 Å². The number of amides is 3. The Hall–Kier alpha value is -5.34. The molecule has 2 saturated heterocycles. The van der Waals surface area contributed by atoms with Gasteiger partial charge in [-0.3, -0.25) is 29.4 Å². The highest BCUT2D eigenvalue weighted by molar-refractivity contribution is 6.32. The van der Waals surface area contributed by atoms with E-state index in [1.807, 2.05) is 26.4 Å². The third-order valence-electron chi connectivity index (χ3n) is 11.2. The zero-order valence-electron chi connectivity index (χ0n) is 31.0. The van der Waals surface area contributed by atoms with Gasteiger partial charge in [0.1, 0.15) is 22.1 Å². The van der Waals surface area contributed by atoms with E-state index in [1.54, 1.807) is 35.1 Å². The maximum atomic E-state index is 13.2. The maximum absolute atomic E-state index is 13.2. The molecule has 4 aromatic heterocycles. The molecule has 3 fully saturated rings. The number of nitrogens with one attached hydrogen (secondary N) is 4. The Kier molecular flexibility index (Phi) is 10.5. The average molecular weight is 765 g/mol. The number of aryl methyl sites for hydroxylation is 2. The summed E-state index contributed by atoms with van der Waals surface area (Å²) in [6.07, 6.45) is 14.0. The average Bonchev–Trinajstić information content (AvgIpc) is 3.78. The van der Waals surface area contributed by atoms with Crippen molar-refractivity contribution in [3.63, 3.8) is 0 Å². The van der Waals surface area contributed by atoms with Crippen molar-refractivity contribution in [2.45, 2.75) is 76.3 Å². The van der Waals surface area contributed by atoms with Gasteiger partial charge in [-0.15, -0.1) is 0 Å². The molecule has 1 atom stereocenters. The number of imide groups is 1. The summed E-state index contributed by atoms with van der Waals surface area (Å²) in [6.45, 7) is 4.79. The topological polar surface area (TPSA) is 172 Å². The number of benzene rings is 1. The van der Waals surface area contributed by atoms with Gasteiger partial charge in [0.05, 0.1) is 35.3 Å². The number of piperidine rings is 2. The summed E-state index contributed by atoms with van der Waals surface area (Å²) in [5.41, 5.74) is 5.23. The number of aromatic nitrogens is 6. The van der Waals surface area contributed by atoms with E-state index >= 15 is 0 Å². The number of imidazole rings is 1. The Morgan fingerprint density at radius 2 is 1.76 bits per heavy atom. The molecule has 0 radical (unpaired) electrons. The number of pyridine rings is 2. The number of nitrogens with zero attached hydrogens (tertiary/aromatic N) is 6. The first kappa shape index (κ1) is 36.6. The fourth-order valence-corrected chi connectivity index (χ4v) is 8.20. The Balaban J connectivity index is 0.778. The normalized spacial score (nSPS) is 20.8. The molecule has 8 rings (SSSR count). The number of aromatic amines is 1. The first-order valence-corrected chi connectivity index (χ1v) is 19.4. The molecule has 286 valence electrons. The molecule has 4 N–H and O–H groups in total. The molecule has 0 bridgehead atoms. The number of carbonyl (C=O) groups is 3.